The lowest BCUT2D eigenvalue weighted by Crippen LogP contribution is -2.00. The zero-order chi connectivity index (χ0) is 18.8. The van der Waals surface area contributed by atoms with Crippen molar-refractivity contribution < 1.29 is 23.4 Å². The van der Waals surface area contributed by atoms with Gasteiger partial charge in [0.15, 0.2) is 17.1 Å². The summed E-state index contributed by atoms with van der Waals surface area (Å²) in [6.07, 6.45) is 0. The topological polar surface area (TPSA) is 114 Å². The van der Waals surface area contributed by atoms with Gasteiger partial charge in [0.25, 0.3) is 11.8 Å². The zero-order valence-electron chi connectivity index (χ0n) is 13.4. The number of oxazole rings is 1. The summed E-state index contributed by atoms with van der Waals surface area (Å²) in [7, 11) is 0. The van der Waals surface area contributed by atoms with Gasteiger partial charge in [0, 0.05) is 5.56 Å². The molecule has 2 N–H and O–H groups in total. The fourth-order valence-electron chi connectivity index (χ4n) is 2.25. The van der Waals surface area contributed by atoms with Crippen molar-refractivity contribution in [3.63, 3.8) is 0 Å². The maximum absolute atomic E-state index is 14.2. The van der Waals surface area contributed by atoms with Gasteiger partial charge in [0.05, 0.1) is 0 Å². The second-order valence-corrected chi connectivity index (χ2v) is 5.28. The quantitative estimate of drug-likeness (QED) is 0.537. The van der Waals surface area contributed by atoms with Crippen LogP contribution in [-0.4, -0.2) is 31.5 Å². The number of aromatic amines is 1. The van der Waals surface area contributed by atoms with Crippen LogP contribution in [0.3, 0.4) is 0 Å². The van der Waals surface area contributed by atoms with Gasteiger partial charge in [-0.05, 0) is 36.3 Å². The van der Waals surface area contributed by atoms with E-state index in [9.17, 15) is 9.18 Å². The summed E-state index contributed by atoms with van der Waals surface area (Å²) in [5, 5.41) is 17.9. The van der Waals surface area contributed by atoms with Gasteiger partial charge in [-0.1, -0.05) is 28.4 Å². The molecule has 0 unspecified atom stereocenters. The number of nitrogens with zero attached hydrogens (tertiary/aromatic N) is 3. The maximum Gasteiger partial charge on any atom is 0.359 e. The Labute approximate surface area is 150 Å². The van der Waals surface area contributed by atoms with E-state index in [0.717, 1.165) is 6.07 Å². The Hall–Kier alpha value is -4.19. The second kappa shape index (κ2) is 6.61. The fraction of sp³-hybridized carbons (Fsp3) is 0. The van der Waals surface area contributed by atoms with Crippen LogP contribution in [0.1, 0.15) is 21.9 Å². The van der Waals surface area contributed by atoms with Crippen LogP contribution in [0.2, 0.25) is 0 Å². The first-order valence-corrected chi connectivity index (χ1v) is 7.59. The molecule has 0 aliphatic rings. The molecule has 9 heteroatoms. The monoisotopic (exact) mass is 364 g/mol. The number of H-pyrrole nitrogens is 1. The first kappa shape index (κ1) is 16.3. The number of aromatic carboxylic acids is 1. The number of fused-ring (bicyclic) bond motifs is 1. The van der Waals surface area contributed by atoms with Crippen LogP contribution in [0.15, 0.2) is 46.9 Å². The molecule has 0 saturated heterocycles. The van der Waals surface area contributed by atoms with E-state index < -0.39 is 11.8 Å². The average Bonchev–Trinajstić information content (AvgIpc) is 3.28. The average molecular weight is 364 g/mol. The molecule has 0 aliphatic carbocycles. The standard InChI is InChI=1S/C18H9FN4O4/c19-11-9-10(6-8-15-20-12-3-1-2-4-14(12)26-15)5-7-13(11)27-17-16(18(24)25)21-23-22-17/h1-5,7,9H,(H,24,25)(H,21,22,23). The number of benzene rings is 2. The van der Waals surface area contributed by atoms with E-state index in [1.807, 2.05) is 12.1 Å². The summed E-state index contributed by atoms with van der Waals surface area (Å²) in [5.74, 6) is 3.08. The van der Waals surface area contributed by atoms with Crippen molar-refractivity contribution in [2.45, 2.75) is 0 Å². The van der Waals surface area contributed by atoms with Crippen molar-refractivity contribution in [3.8, 4) is 23.5 Å². The van der Waals surface area contributed by atoms with Crippen LogP contribution in [0, 0.1) is 17.7 Å². The number of hydrogen-bond acceptors (Lipinski definition) is 6. The van der Waals surface area contributed by atoms with Crippen molar-refractivity contribution >= 4 is 17.1 Å². The van der Waals surface area contributed by atoms with Gasteiger partial charge in [-0.15, -0.1) is 0 Å². The van der Waals surface area contributed by atoms with Crippen LogP contribution in [-0.2, 0) is 0 Å². The van der Waals surface area contributed by atoms with Gasteiger partial charge in [0.2, 0.25) is 5.69 Å². The van der Waals surface area contributed by atoms with E-state index in [2.05, 4.69) is 32.2 Å². The Kier molecular flexibility index (Phi) is 3.99. The van der Waals surface area contributed by atoms with Crippen LogP contribution in [0.4, 0.5) is 4.39 Å². The van der Waals surface area contributed by atoms with Crippen LogP contribution in [0.25, 0.3) is 11.1 Å². The Morgan fingerprint density at radius 3 is 2.85 bits per heavy atom. The number of carbonyl (C=O) groups is 1. The molecule has 4 aromatic rings. The molecule has 0 saturated carbocycles. The lowest BCUT2D eigenvalue weighted by atomic mass is 10.2. The molecule has 2 aromatic carbocycles. The number of carboxylic acid groups (broad SMARTS) is 1. The Bertz CT molecular complexity index is 1190. The van der Waals surface area contributed by atoms with Crippen molar-refractivity contribution in [2.24, 2.45) is 0 Å². The van der Waals surface area contributed by atoms with Crippen LogP contribution in [0.5, 0.6) is 11.6 Å². The van der Waals surface area contributed by atoms with Crippen molar-refractivity contribution in [1.82, 2.24) is 20.4 Å². The van der Waals surface area contributed by atoms with E-state index in [1.54, 1.807) is 12.1 Å². The van der Waals surface area contributed by atoms with E-state index in [1.165, 1.54) is 12.1 Å². The molecule has 8 nitrogen and oxygen atoms in total. The molecule has 0 radical (unpaired) electrons. The SMILES string of the molecule is O=C(O)c1[nH]nnc1Oc1ccc(C#Cc2nc3ccccc3o2)cc1F. The lowest BCUT2D eigenvalue weighted by Gasteiger charge is -2.04. The molecule has 0 aliphatic heterocycles. The summed E-state index contributed by atoms with van der Waals surface area (Å²) >= 11 is 0. The molecular formula is C18H9FN4O4. The highest BCUT2D eigenvalue weighted by Crippen LogP contribution is 2.25. The molecule has 132 valence electrons. The number of nitrogens with one attached hydrogen (secondary N) is 1. The third-order valence-corrected chi connectivity index (χ3v) is 3.48. The normalized spacial score (nSPS) is 10.4. The van der Waals surface area contributed by atoms with Gasteiger partial charge in [-0.2, -0.15) is 0 Å². The van der Waals surface area contributed by atoms with Crippen LogP contribution < -0.4 is 4.74 Å². The molecular weight excluding hydrogens is 355 g/mol. The molecule has 2 heterocycles. The Morgan fingerprint density at radius 1 is 1.22 bits per heavy atom. The minimum absolute atomic E-state index is 0.209. The van der Waals surface area contributed by atoms with Crippen LogP contribution >= 0.6 is 0 Å². The molecule has 4 rings (SSSR count). The third-order valence-electron chi connectivity index (χ3n) is 3.48. The number of para-hydroxylation sites is 2. The fourth-order valence-corrected chi connectivity index (χ4v) is 2.25. The van der Waals surface area contributed by atoms with Gasteiger partial charge in [-0.25, -0.2) is 19.3 Å². The minimum atomic E-state index is -1.32. The first-order chi connectivity index (χ1) is 13.1. The maximum atomic E-state index is 14.2. The van der Waals surface area contributed by atoms with Crippen molar-refractivity contribution in [2.75, 3.05) is 0 Å². The van der Waals surface area contributed by atoms with Crippen molar-refractivity contribution in [1.29, 1.82) is 0 Å². The molecule has 0 fully saturated rings. The van der Waals surface area contributed by atoms with E-state index in [4.69, 9.17) is 14.3 Å². The van der Waals surface area contributed by atoms with Crippen molar-refractivity contribution in [3.05, 3.63) is 65.4 Å². The molecule has 0 bridgehead atoms. The van der Waals surface area contributed by atoms with Gasteiger partial charge < -0.3 is 14.3 Å². The number of carboxylic acids is 1. The van der Waals surface area contributed by atoms with E-state index >= 15 is 0 Å². The summed E-state index contributed by atoms with van der Waals surface area (Å²) in [6, 6.07) is 11.2. The molecule has 0 spiro atoms. The highest BCUT2D eigenvalue weighted by atomic mass is 19.1. The third kappa shape index (κ3) is 3.32. The lowest BCUT2D eigenvalue weighted by molar-refractivity contribution is 0.0687. The smallest absolute Gasteiger partial charge is 0.359 e. The summed E-state index contributed by atoms with van der Waals surface area (Å²) in [4.78, 5) is 15.2. The Balaban J connectivity index is 1.57. The van der Waals surface area contributed by atoms with Gasteiger partial charge in [0.1, 0.15) is 5.52 Å². The van der Waals surface area contributed by atoms with E-state index in [-0.39, 0.29) is 23.2 Å². The molecule has 0 atom stereocenters. The highest BCUT2D eigenvalue weighted by molar-refractivity contribution is 5.87. The minimum Gasteiger partial charge on any atom is -0.476 e. The number of ether oxygens (including phenoxy) is 1. The summed E-state index contributed by atoms with van der Waals surface area (Å²) in [5.41, 5.74) is 1.27. The predicted molar refractivity (Wildman–Crippen MR) is 89.8 cm³/mol. The predicted octanol–water partition coefficient (Wildman–Crippen LogP) is 2.98. The first-order valence-electron chi connectivity index (χ1n) is 7.59. The van der Waals surface area contributed by atoms with Gasteiger partial charge in [-0.3, -0.25) is 0 Å². The Morgan fingerprint density at radius 2 is 2.07 bits per heavy atom. The number of aromatic nitrogens is 4. The molecule has 27 heavy (non-hydrogen) atoms. The highest BCUT2D eigenvalue weighted by Gasteiger charge is 2.18. The molecule has 2 aromatic heterocycles. The zero-order valence-corrected chi connectivity index (χ0v) is 13.4. The second-order valence-electron chi connectivity index (χ2n) is 5.28. The van der Waals surface area contributed by atoms with E-state index in [0.29, 0.717) is 16.7 Å². The number of rotatable bonds is 3. The number of hydrogen-bond donors (Lipinski definition) is 2. The number of halogens is 1. The largest absolute Gasteiger partial charge is 0.476 e. The summed E-state index contributed by atoms with van der Waals surface area (Å²) in [6.45, 7) is 0. The van der Waals surface area contributed by atoms with Gasteiger partial charge >= 0.3 is 5.97 Å². The summed E-state index contributed by atoms with van der Waals surface area (Å²) < 4.78 is 24.9. The molecule has 0 amide bonds.